The van der Waals surface area contributed by atoms with E-state index in [-0.39, 0.29) is 6.42 Å². The van der Waals surface area contributed by atoms with E-state index in [9.17, 15) is 14.7 Å². The van der Waals surface area contributed by atoms with Gasteiger partial charge in [0.2, 0.25) is 6.29 Å². The number of carbonyl (C=O) groups excluding carboxylic acids is 2. The maximum Gasteiger partial charge on any atom is 0.318 e. The number of carbonyl (C=O) groups is 2. The zero-order valence-electron chi connectivity index (χ0n) is 11.3. The number of esters is 2. The van der Waals surface area contributed by atoms with E-state index in [0.29, 0.717) is 6.42 Å². The van der Waals surface area contributed by atoms with Crippen molar-refractivity contribution in [1.29, 1.82) is 0 Å². The molecule has 0 fully saturated rings. The first kappa shape index (κ1) is 16.9. The molecule has 0 aliphatic rings. The Kier molecular flexibility index (Phi) is 6.86. The van der Waals surface area contributed by atoms with Crippen LogP contribution in [0.2, 0.25) is 0 Å². The maximum atomic E-state index is 11.7. The van der Waals surface area contributed by atoms with Crippen molar-refractivity contribution < 1.29 is 29.3 Å². The summed E-state index contributed by atoms with van der Waals surface area (Å²) in [6.07, 6.45) is -1.03. The molecule has 0 saturated carbocycles. The van der Waals surface area contributed by atoms with Gasteiger partial charge < -0.3 is 19.7 Å². The van der Waals surface area contributed by atoms with Crippen LogP contribution < -0.4 is 0 Å². The Hall–Kier alpha value is -1.14. The van der Waals surface area contributed by atoms with Gasteiger partial charge in [0.25, 0.3) is 0 Å². The van der Waals surface area contributed by atoms with Crippen molar-refractivity contribution in [3.05, 3.63) is 0 Å². The summed E-state index contributed by atoms with van der Waals surface area (Å²) in [4.78, 5) is 22.7. The lowest BCUT2D eigenvalue weighted by molar-refractivity contribution is -0.195. The summed E-state index contributed by atoms with van der Waals surface area (Å²) in [5.41, 5.74) is -0.695. The molecule has 0 aliphatic heterocycles. The molecule has 0 aromatic carbocycles. The lowest BCUT2D eigenvalue weighted by atomic mass is 10.1. The second kappa shape index (κ2) is 7.33. The van der Waals surface area contributed by atoms with E-state index >= 15 is 0 Å². The molecule has 18 heavy (non-hydrogen) atoms. The van der Waals surface area contributed by atoms with Crippen LogP contribution in [0, 0.1) is 5.92 Å². The van der Waals surface area contributed by atoms with Crippen molar-refractivity contribution in [2.75, 3.05) is 6.61 Å². The smallest absolute Gasteiger partial charge is 0.318 e. The fraction of sp³-hybridized carbons (Fsp3) is 0.833. The molecule has 0 spiro atoms. The van der Waals surface area contributed by atoms with Gasteiger partial charge in [-0.05, 0) is 20.3 Å². The number of hydrogen-bond donors (Lipinski definition) is 2. The Labute approximate surface area is 107 Å². The molecule has 6 nitrogen and oxygen atoms in total. The van der Waals surface area contributed by atoms with E-state index in [1.54, 1.807) is 20.8 Å². The predicted octanol–water partition coefficient (Wildman–Crippen LogP) is 0.598. The molecule has 6 heteroatoms. The van der Waals surface area contributed by atoms with Gasteiger partial charge in [0, 0.05) is 6.42 Å². The molecular formula is C12H22O6. The molecule has 0 amide bonds. The van der Waals surface area contributed by atoms with Crippen LogP contribution in [0.5, 0.6) is 0 Å². The average Bonchev–Trinajstić information content (AvgIpc) is 2.29. The van der Waals surface area contributed by atoms with Crippen LogP contribution in [-0.2, 0) is 19.1 Å². The lowest BCUT2D eigenvalue weighted by Crippen LogP contribution is -2.39. The Morgan fingerprint density at radius 1 is 1.28 bits per heavy atom. The Morgan fingerprint density at radius 3 is 2.22 bits per heavy atom. The Balaban J connectivity index is 4.57. The van der Waals surface area contributed by atoms with Crippen LogP contribution in [0.25, 0.3) is 0 Å². The summed E-state index contributed by atoms with van der Waals surface area (Å²) in [5, 5.41) is 18.6. The summed E-state index contributed by atoms with van der Waals surface area (Å²) in [6, 6.07) is 0. The number of rotatable bonds is 7. The van der Waals surface area contributed by atoms with Crippen molar-refractivity contribution in [1.82, 2.24) is 0 Å². The number of hydrogen-bond acceptors (Lipinski definition) is 6. The van der Waals surface area contributed by atoms with Gasteiger partial charge in [0.15, 0.2) is 0 Å². The molecule has 0 aliphatic carbocycles. The molecule has 0 saturated heterocycles. The van der Waals surface area contributed by atoms with Gasteiger partial charge >= 0.3 is 11.9 Å². The molecule has 2 atom stereocenters. The third kappa shape index (κ3) is 5.46. The molecule has 2 N–H and O–H groups in total. The third-order valence-corrected chi connectivity index (χ3v) is 2.61. The first-order chi connectivity index (χ1) is 8.27. The fourth-order valence-corrected chi connectivity index (χ4v) is 1.00. The maximum absolute atomic E-state index is 11.7. The second-order valence-electron chi connectivity index (χ2n) is 4.56. The van der Waals surface area contributed by atoms with Crippen molar-refractivity contribution in [2.24, 2.45) is 5.92 Å². The molecule has 0 radical (unpaired) electrons. The van der Waals surface area contributed by atoms with Gasteiger partial charge in [-0.15, -0.1) is 0 Å². The Morgan fingerprint density at radius 2 is 1.83 bits per heavy atom. The zero-order chi connectivity index (χ0) is 14.3. The lowest BCUT2D eigenvalue weighted by Gasteiger charge is -2.27. The van der Waals surface area contributed by atoms with Crippen LogP contribution in [0.4, 0.5) is 0 Å². The zero-order valence-corrected chi connectivity index (χ0v) is 11.3. The fourth-order valence-electron chi connectivity index (χ4n) is 1.00. The number of aliphatic hydroxyl groups excluding tert-OH is 2. The highest BCUT2D eigenvalue weighted by atomic mass is 16.6. The highest BCUT2D eigenvalue weighted by Crippen LogP contribution is 2.18. The quantitative estimate of drug-likeness (QED) is 0.515. The van der Waals surface area contributed by atoms with E-state index in [0.717, 1.165) is 0 Å². The third-order valence-electron chi connectivity index (χ3n) is 2.61. The monoisotopic (exact) mass is 262 g/mol. The molecule has 2 unspecified atom stereocenters. The second-order valence-corrected chi connectivity index (χ2v) is 4.56. The summed E-state index contributed by atoms with van der Waals surface area (Å²) >= 11 is 0. The molecule has 0 aromatic rings. The molecular weight excluding hydrogens is 240 g/mol. The molecule has 0 rings (SSSR count). The van der Waals surface area contributed by atoms with Gasteiger partial charge in [-0.3, -0.25) is 9.59 Å². The van der Waals surface area contributed by atoms with Crippen molar-refractivity contribution in [3.63, 3.8) is 0 Å². The average molecular weight is 262 g/mol. The summed E-state index contributed by atoms with van der Waals surface area (Å²) in [5.74, 6) is -2.73. The van der Waals surface area contributed by atoms with Crippen LogP contribution in [0.1, 0.15) is 40.5 Å². The first-order valence-electron chi connectivity index (χ1n) is 5.98. The van der Waals surface area contributed by atoms with E-state index < -0.39 is 36.4 Å². The predicted molar refractivity (Wildman–Crippen MR) is 63.4 cm³/mol. The van der Waals surface area contributed by atoms with E-state index in [2.05, 4.69) is 4.74 Å². The van der Waals surface area contributed by atoms with Crippen molar-refractivity contribution in [3.8, 4) is 0 Å². The molecule has 106 valence electrons. The highest BCUT2D eigenvalue weighted by Gasteiger charge is 2.33. The SMILES string of the molecule is CCC(=O)OC(O)C(CO)C(=O)OC(C)(C)CC. The number of ether oxygens (including phenoxy) is 2. The molecule has 0 aromatic heterocycles. The molecule has 0 bridgehead atoms. The minimum Gasteiger partial charge on any atom is -0.459 e. The largest absolute Gasteiger partial charge is 0.459 e. The van der Waals surface area contributed by atoms with Gasteiger partial charge in [0.05, 0.1) is 6.61 Å². The van der Waals surface area contributed by atoms with Crippen molar-refractivity contribution in [2.45, 2.75) is 52.4 Å². The van der Waals surface area contributed by atoms with Crippen LogP contribution in [-0.4, -0.2) is 40.6 Å². The first-order valence-corrected chi connectivity index (χ1v) is 5.98. The van der Waals surface area contributed by atoms with Gasteiger partial charge in [-0.2, -0.15) is 0 Å². The standard InChI is InChI=1S/C12H22O6/c1-5-9(14)17-10(15)8(7-13)11(16)18-12(3,4)6-2/h8,10,13,15H,5-7H2,1-4H3. The minimum atomic E-state index is -1.69. The molecule has 0 heterocycles. The topological polar surface area (TPSA) is 93.1 Å². The summed E-state index contributed by atoms with van der Waals surface area (Å²) in [7, 11) is 0. The van der Waals surface area contributed by atoms with Crippen LogP contribution >= 0.6 is 0 Å². The normalized spacial score (nSPS) is 14.8. The van der Waals surface area contributed by atoms with E-state index in [1.165, 1.54) is 0 Å². The van der Waals surface area contributed by atoms with Gasteiger partial charge in [0.1, 0.15) is 11.5 Å². The highest BCUT2D eigenvalue weighted by molar-refractivity contribution is 5.74. The van der Waals surface area contributed by atoms with Crippen LogP contribution in [0.3, 0.4) is 0 Å². The van der Waals surface area contributed by atoms with Gasteiger partial charge in [-0.1, -0.05) is 13.8 Å². The van der Waals surface area contributed by atoms with E-state index in [4.69, 9.17) is 9.84 Å². The summed E-state index contributed by atoms with van der Waals surface area (Å²) < 4.78 is 9.70. The Bertz CT molecular complexity index is 286. The minimum absolute atomic E-state index is 0.0741. The van der Waals surface area contributed by atoms with Crippen LogP contribution in [0.15, 0.2) is 0 Å². The van der Waals surface area contributed by atoms with Crippen molar-refractivity contribution >= 4 is 11.9 Å². The van der Waals surface area contributed by atoms with Gasteiger partial charge in [-0.25, -0.2) is 0 Å². The number of aliphatic hydroxyl groups is 2. The van der Waals surface area contributed by atoms with E-state index in [1.807, 2.05) is 6.92 Å². The summed E-state index contributed by atoms with van der Waals surface area (Å²) in [6.45, 7) is 6.17.